The van der Waals surface area contributed by atoms with Crippen molar-refractivity contribution in [1.29, 1.82) is 0 Å². The van der Waals surface area contributed by atoms with Crippen LogP contribution in [0.5, 0.6) is 0 Å². The van der Waals surface area contributed by atoms with Crippen LogP contribution >= 0.6 is 0 Å². The average Bonchev–Trinajstić information content (AvgIpc) is 3.07. The van der Waals surface area contributed by atoms with Gasteiger partial charge in [-0.1, -0.05) is 25.5 Å². The number of nitrogens with zero attached hydrogens (tertiary/aromatic N) is 1. The maximum atomic E-state index is 12.2. The monoisotopic (exact) mass is 376 g/mol. The average molecular weight is 376 g/mol. The van der Waals surface area contributed by atoms with Crippen LogP contribution in [0.1, 0.15) is 38.1 Å². The number of amides is 2. The fourth-order valence-electron chi connectivity index (χ4n) is 2.84. The smallest absolute Gasteiger partial charge is 0.248 e. The molecule has 0 atom stereocenters. The van der Waals surface area contributed by atoms with Crippen molar-refractivity contribution in [3.05, 3.63) is 59.9 Å². The molecule has 2 aromatic carbocycles. The quantitative estimate of drug-likeness (QED) is 0.530. The number of H-pyrrole nitrogens is 1. The van der Waals surface area contributed by atoms with Crippen LogP contribution in [-0.4, -0.2) is 21.8 Å². The number of rotatable bonds is 7. The Kier molecular flexibility index (Phi) is 6.22. The second-order valence-electron chi connectivity index (χ2n) is 6.64. The molecular formula is C22H24N4O2. The molecular weight excluding hydrogens is 352 g/mol. The lowest BCUT2D eigenvalue weighted by Crippen LogP contribution is -2.07. The largest absolute Gasteiger partial charge is 0.342 e. The van der Waals surface area contributed by atoms with Crippen LogP contribution in [0.4, 0.5) is 11.4 Å². The van der Waals surface area contributed by atoms with E-state index >= 15 is 0 Å². The lowest BCUT2D eigenvalue weighted by atomic mass is 10.2. The first-order valence-corrected chi connectivity index (χ1v) is 9.39. The van der Waals surface area contributed by atoms with Gasteiger partial charge >= 0.3 is 0 Å². The Morgan fingerprint density at radius 2 is 1.82 bits per heavy atom. The molecule has 0 saturated carbocycles. The van der Waals surface area contributed by atoms with Gasteiger partial charge in [-0.15, -0.1) is 0 Å². The molecule has 6 heteroatoms. The third-order valence-corrected chi connectivity index (χ3v) is 4.22. The minimum Gasteiger partial charge on any atom is -0.342 e. The van der Waals surface area contributed by atoms with Gasteiger partial charge in [-0.25, -0.2) is 4.98 Å². The van der Waals surface area contributed by atoms with E-state index in [1.165, 1.54) is 13.0 Å². The summed E-state index contributed by atoms with van der Waals surface area (Å²) in [5.74, 6) is 0.647. The molecule has 144 valence electrons. The van der Waals surface area contributed by atoms with E-state index in [4.69, 9.17) is 0 Å². The molecule has 3 N–H and O–H groups in total. The highest BCUT2D eigenvalue weighted by molar-refractivity contribution is 6.02. The molecule has 0 spiro atoms. The van der Waals surface area contributed by atoms with Gasteiger partial charge in [-0.3, -0.25) is 9.59 Å². The number of fused-ring (bicyclic) bond motifs is 1. The van der Waals surface area contributed by atoms with Gasteiger partial charge in [-0.2, -0.15) is 0 Å². The summed E-state index contributed by atoms with van der Waals surface area (Å²) in [7, 11) is 0. The number of unbranched alkanes of at least 4 members (excludes halogenated alkanes) is 1. The number of imidazole rings is 1. The number of hydrogen-bond acceptors (Lipinski definition) is 3. The number of aromatic amines is 1. The van der Waals surface area contributed by atoms with E-state index < -0.39 is 0 Å². The SMILES string of the molecule is CCCCc1nc2ccc(NC(=O)/C=C/c3ccc(NC(C)=O)cc3)cc2[nH]1. The molecule has 6 nitrogen and oxygen atoms in total. The fraction of sp³-hybridized carbons (Fsp3) is 0.227. The van der Waals surface area contributed by atoms with Gasteiger partial charge in [0.15, 0.2) is 0 Å². The van der Waals surface area contributed by atoms with Crippen LogP contribution in [0.15, 0.2) is 48.5 Å². The molecule has 28 heavy (non-hydrogen) atoms. The van der Waals surface area contributed by atoms with Crippen molar-refractivity contribution in [3.8, 4) is 0 Å². The predicted octanol–water partition coefficient (Wildman–Crippen LogP) is 4.52. The van der Waals surface area contributed by atoms with Crippen LogP contribution in [0.2, 0.25) is 0 Å². The van der Waals surface area contributed by atoms with E-state index in [9.17, 15) is 9.59 Å². The van der Waals surface area contributed by atoms with E-state index in [-0.39, 0.29) is 11.8 Å². The van der Waals surface area contributed by atoms with Crippen molar-refractivity contribution in [2.24, 2.45) is 0 Å². The van der Waals surface area contributed by atoms with Gasteiger partial charge < -0.3 is 15.6 Å². The zero-order valence-electron chi connectivity index (χ0n) is 16.1. The number of aromatic nitrogens is 2. The van der Waals surface area contributed by atoms with E-state index in [2.05, 4.69) is 27.5 Å². The molecule has 1 aromatic heterocycles. The normalized spacial score (nSPS) is 11.1. The molecule has 1 heterocycles. The molecule has 0 fully saturated rings. The lowest BCUT2D eigenvalue weighted by Gasteiger charge is -2.03. The second kappa shape index (κ2) is 8.99. The van der Waals surface area contributed by atoms with Crippen LogP contribution in [0, 0.1) is 0 Å². The molecule has 0 aliphatic carbocycles. The number of carbonyl (C=O) groups is 2. The predicted molar refractivity (Wildman–Crippen MR) is 113 cm³/mol. The Morgan fingerprint density at radius 3 is 2.54 bits per heavy atom. The number of carbonyl (C=O) groups excluding carboxylic acids is 2. The van der Waals surface area contributed by atoms with Crippen molar-refractivity contribution < 1.29 is 9.59 Å². The number of nitrogens with one attached hydrogen (secondary N) is 3. The van der Waals surface area contributed by atoms with Gasteiger partial charge in [0.25, 0.3) is 0 Å². The number of aryl methyl sites for hydroxylation is 1. The van der Waals surface area contributed by atoms with Gasteiger partial charge in [0.1, 0.15) is 5.82 Å². The highest BCUT2D eigenvalue weighted by Crippen LogP contribution is 2.18. The van der Waals surface area contributed by atoms with Crippen molar-refractivity contribution in [1.82, 2.24) is 9.97 Å². The van der Waals surface area contributed by atoms with Crippen LogP contribution < -0.4 is 10.6 Å². The molecule has 0 bridgehead atoms. The number of hydrogen-bond donors (Lipinski definition) is 3. The minimum atomic E-state index is -0.212. The first-order chi connectivity index (χ1) is 13.5. The zero-order chi connectivity index (χ0) is 19.9. The summed E-state index contributed by atoms with van der Waals surface area (Å²) in [5.41, 5.74) is 4.13. The maximum absolute atomic E-state index is 12.2. The second-order valence-corrected chi connectivity index (χ2v) is 6.64. The first-order valence-electron chi connectivity index (χ1n) is 9.39. The van der Waals surface area contributed by atoms with Gasteiger partial charge in [-0.05, 0) is 48.4 Å². The summed E-state index contributed by atoms with van der Waals surface area (Å²) in [5, 5.41) is 5.57. The summed E-state index contributed by atoms with van der Waals surface area (Å²) >= 11 is 0. The summed E-state index contributed by atoms with van der Waals surface area (Å²) < 4.78 is 0. The van der Waals surface area contributed by atoms with Crippen LogP contribution in [-0.2, 0) is 16.0 Å². The number of benzene rings is 2. The molecule has 2 amide bonds. The highest BCUT2D eigenvalue weighted by atomic mass is 16.2. The summed E-state index contributed by atoms with van der Waals surface area (Å²) in [6.45, 7) is 3.62. The Bertz CT molecular complexity index is 1000. The Hall–Kier alpha value is -3.41. The number of anilines is 2. The molecule has 3 aromatic rings. The molecule has 3 rings (SSSR count). The summed E-state index contributed by atoms with van der Waals surface area (Å²) in [6, 6.07) is 12.9. The van der Waals surface area contributed by atoms with Crippen LogP contribution in [0.3, 0.4) is 0 Å². The highest BCUT2D eigenvalue weighted by Gasteiger charge is 2.05. The summed E-state index contributed by atoms with van der Waals surface area (Å²) in [6.07, 6.45) is 6.36. The lowest BCUT2D eigenvalue weighted by molar-refractivity contribution is -0.114. The third-order valence-electron chi connectivity index (χ3n) is 4.22. The fourth-order valence-corrected chi connectivity index (χ4v) is 2.84. The van der Waals surface area contributed by atoms with E-state index in [1.807, 2.05) is 30.3 Å². The van der Waals surface area contributed by atoms with Crippen molar-refractivity contribution in [3.63, 3.8) is 0 Å². The summed E-state index contributed by atoms with van der Waals surface area (Å²) in [4.78, 5) is 31.1. The Morgan fingerprint density at radius 1 is 1.07 bits per heavy atom. The topological polar surface area (TPSA) is 86.9 Å². The van der Waals surface area contributed by atoms with E-state index in [0.717, 1.165) is 47.4 Å². The molecule has 0 aliphatic rings. The van der Waals surface area contributed by atoms with E-state index in [1.54, 1.807) is 18.2 Å². The molecule has 0 aliphatic heterocycles. The molecule has 0 unspecified atom stereocenters. The van der Waals surface area contributed by atoms with Gasteiger partial charge in [0.2, 0.25) is 11.8 Å². The Labute approximate surface area is 164 Å². The van der Waals surface area contributed by atoms with Crippen molar-refractivity contribution in [2.45, 2.75) is 33.1 Å². The maximum Gasteiger partial charge on any atom is 0.248 e. The minimum absolute atomic E-state index is 0.116. The van der Waals surface area contributed by atoms with Gasteiger partial charge in [0.05, 0.1) is 11.0 Å². The van der Waals surface area contributed by atoms with Crippen LogP contribution in [0.25, 0.3) is 17.1 Å². The van der Waals surface area contributed by atoms with Gasteiger partial charge in [0, 0.05) is 30.8 Å². The molecule has 0 saturated heterocycles. The van der Waals surface area contributed by atoms with E-state index in [0.29, 0.717) is 5.69 Å². The zero-order valence-corrected chi connectivity index (χ0v) is 16.1. The standard InChI is InChI=1S/C22H24N4O2/c1-3-4-5-21-25-19-12-11-18(14-20(19)26-21)24-22(28)13-8-16-6-9-17(10-7-16)23-15(2)27/h6-14H,3-5H2,1-2H3,(H,23,27)(H,24,28)(H,25,26)/b13-8+. The first kappa shape index (κ1) is 19.4. The van der Waals surface area contributed by atoms with Crippen molar-refractivity contribution >= 4 is 40.3 Å². The molecule has 0 radical (unpaired) electrons. The third kappa shape index (κ3) is 5.30. The Balaban J connectivity index is 1.62. The van der Waals surface area contributed by atoms with Crippen molar-refractivity contribution in [2.75, 3.05) is 10.6 Å².